The molecule has 1 unspecified atom stereocenters. The first-order valence-corrected chi connectivity index (χ1v) is 20.9. The van der Waals surface area contributed by atoms with E-state index in [0.29, 0.717) is 5.56 Å². The molecule has 4 N–H and O–H groups in total. The number of fused-ring (bicyclic) bond motifs is 5. The van der Waals surface area contributed by atoms with Gasteiger partial charge in [0.05, 0.1) is 35.6 Å². The second-order valence-electron chi connectivity index (χ2n) is 17.9. The molecule has 334 valence electrons. The monoisotopic (exact) mass is 867 g/mol. The van der Waals surface area contributed by atoms with E-state index in [2.05, 4.69) is 5.32 Å². The smallest absolute Gasteiger partial charge is 0.338 e. The molecule has 15 heteroatoms. The van der Waals surface area contributed by atoms with Crippen molar-refractivity contribution >= 4 is 35.6 Å². The van der Waals surface area contributed by atoms with E-state index in [1.807, 2.05) is 6.92 Å². The van der Waals surface area contributed by atoms with Crippen LogP contribution in [-0.2, 0) is 42.9 Å². The van der Waals surface area contributed by atoms with Gasteiger partial charge in [0.15, 0.2) is 23.6 Å². The Bertz CT molecular complexity index is 2330. The number of ketones is 1. The van der Waals surface area contributed by atoms with Crippen molar-refractivity contribution in [1.29, 1.82) is 0 Å². The quantitative estimate of drug-likeness (QED) is 0.128. The summed E-state index contributed by atoms with van der Waals surface area (Å²) in [5, 5.41) is 40.3. The first kappa shape index (κ1) is 45.3. The minimum atomic E-state index is -2.39. The minimum Gasteiger partial charge on any atom is -0.456 e. The molecular formula is C48H53NO14. The van der Waals surface area contributed by atoms with Gasteiger partial charge in [-0.1, -0.05) is 80.1 Å². The third-order valence-electron chi connectivity index (χ3n) is 13.8. The second kappa shape index (κ2) is 16.8. The number of ether oxygens (including phenoxy) is 5. The standard InChI is InChI=1S/C48H53NO14/c1-25-18-20-30(21-19-25)42(55)49-36(29-14-10-8-11-15-29)37(53)44(57)61-32-23-48(58)41(62-43(56)31-16-12-9-13-17-31)39-46(7,33(52)22-34-47(39,24-59-34)63-28(4)51)40(54)38(60-27(3)50)35(26(32)2)45(48,5)6/h8-21,32-34,36-39,41,52-53,58H,22-24H2,1-7H3,(H,49,55)/t32-,33-,34+,36+,37+,38+,39?,41-,46+,47-,48+/m0/s1. The number of Topliss-reactive ketones (excluding diaryl/α,β-unsaturated/α-hetero) is 1. The molecule has 0 radical (unpaired) electrons. The number of carbonyl (C=O) groups is 6. The van der Waals surface area contributed by atoms with Crippen molar-refractivity contribution < 1.29 is 67.8 Å². The molecule has 7 rings (SSSR count). The molecule has 4 aliphatic rings. The van der Waals surface area contributed by atoms with Crippen molar-refractivity contribution in [1.82, 2.24) is 5.32 Å². The van der Waals surface area contributed by atoms with Gasteiger partial charge in [-0.3, -0.25) is 19.2 Å². The van der Waals surface area contributed by atoms with Gasteiger partial charge in [0.25, 0.3) is 5.91 Å². The van der Waals surface area contributed by atoms with Gasteiger partial charge in [0.1, 0.15) is 23.9 Å². The fourth-order valence-corrected chi connectivity index (χ4v) is 10.3. The number of carbonyl (C=O) groups excluding carboxylic acids is 6. The molecule has 3 fully saturated rings. The van der Waals surface area contributed by atoms with Gasteiger partial charge < -0.3 is 44.3 Å². The maximum atomic E-state index is 15.5. The number of hydrogen-bond acceptors (Lipinski definition) is 14. The number of benzene rings is 3. The topological polar surface area (TPSA) is 221 Å². The average molecular weight is 868 g/mol. The summed E-state index contributed by atoms with van der Waals surface area (Å²) in [6, 6.07) is 21.5. The largest absolute Gasteiger partial charge is 0.456 e. The minimum absolute atomic E-state index is 0.00261. The van der Waals surface area contributed by atoms with Crippen LogP contribution in [0.15, 0.2) is 96.1 Å². The molecule has 11 atom stereocenters. The van der Waals surface area contributed by atoms with Crippen molar-refractivity contribution in [3.8, 4) is 0 Å². The van der Waals surface area contributed by atoms with Crippen molar-refractivity contribution in [3.05, 3.63) is 118 Å². The van der Waals surface area contributed by atoms with Gasteiger partial charge in [-0.25, -0.2) is 9.59 Å². The van der Waals surface area contributed by atoms with Crippen LogP contribution < -0.4 is 5.32 Å². The Morgan fingerprint density at radius 2 is 1.44 bits per heavy atom. The Labute approximate surface area is 364 Å². The highest BCUT2D eigenvalue weighted by Crippen LogP contribution is 2.64. The van der Waals surface area contributed by atoms with Crippen LogP contribution in [-0.4, -0.2) is 105 Å². The number of nitrogens with one attached hydrogen (secondary N) is 1. The van der Waals surface area contributed by atoms with Gasteiger partial charge in [0, 0.05) is 37.7 Å². The predicted octanol–water partition coefficient (Wildman–Crippen LogP) is 4.04. The third-order valence-corrected chi connectivity index (χ3v) is 13.8. The summed E-state index contributed by atoms with van der Waals surface area (Å²) >= 11 is 0. The number of rotatable bonds is 10. The van der Waals surface area contributed by atoms with Crippen LogP contribution in [0.3, 0.4) is 0 Å². The number of aryl methyl sites for hydroxylation is 1. The van der Waals surface area contributed by atoms with Crippen LogP contribution in [0.4, 0.5) is 0 Å². The zero-order chi connectivity index (χ0) is 45.8. The number of esters is 4. The molecular weight excluding hydrogens is 815 g/mol. The Morgan fingerprint density at radius 3 is 2.02 bits per heavy atom. The molecule has 3 aliphatic carbocycles. The summed E-state index contributed by atoms with van der Waals surface area (Å²) in [6.45, 7) is 9.84. The number of aliphatic hydroxyl groups excluding tert-OH is 2. The van der Waals surface area contributed by atoms with E-state index in [1.54, 1.807) is 86.6 Å². The van der Waals surface area contributed by atoms with Crippen LogP contribution in [0.5, 0.6) is 0 Å². The summed E-state index contributed by atoms with van der Waals surface area (Å²) in [4.78, 5) is 83.7. The molecule has 0 aromatic heterocycles. The lowest BCUT2D eigenvalue weighted by Crippen LogP contribution is -2.82. The summed E-state index contributed by atoms with van der Waals surface area (Å²) in [6.07, 6.45) is -10.5. The summed E-state index contributed by atoms with van der Waals surface area (Å²) in [7, 11) is 0. The number of aliphatic hydroxyl groups is 3. The maximum Gasteiger partial charge on any atom is 0.338 e. The van der Waals surface area contributed by atoms with Crippen molar-refractivity contribution in [3.63, 3.8) is 0 Å². The molecule has 0 spiro atoms. The summed E-state index contributed by atoms with van der Waals surface area (Å²) in [5.74, 6) is -6.84. The Morgan fingerprint density at radius 1 is 0.825 bits per heavy atom. The molecule has 63 heavy (non-hydrogen) atoms. The molecule has 1 saturated heterocycles. The van der Waals surface area contributed by atoms with Crippen molar-refractivity contribution in [2.24, 2.45) is 16.7 Å². The van der Waals surface area contributed by atoms with E-state index in [-0.39, 0.29) is 35.3 Å². The van der Waals surface area contributed by atoms with Crippen LogP contribution in [0.1, 0.15) is 92.3 Å². The SMILES string of the molecule is CC(=O)O[C@H]1C(=O)[C@@]2(C)C([C@H](OC(=O)c3ccccc3)[C@]3(O)C[C@H](OC(=O)[C@H](O)[C@H](NC(=O)c4ccc(C)cc4)c4ccccc4)C(C)=C1C3(C)C)[C@]1(OC(C)=O)CO[C@@H]1C[C@@H]2O. The normalized spacial score (nSPS) is 31.6. The lowest BCUT2D eigenvalue weighted by atomic mass is 9.44. The number of amides is 1. The van der Waals surface area contributed by atoms with Gasteiger partial charge in [-0.2, -0.15) is 0 Å². The first-order valence-electron chi connectivity index (χ1n) is 20.9. The zero-order valence-electron chi connectivity index (χ0n) is 36.2. The van der Waals surface area contributed by atoms with E-state index >= 15 is 4.79 Å². The van der Waals surface area contributed by atoms with Gasteiger partial charge in [-0.15, -0.1) is 0 Å². The molecule has 1 amide bonds. The van der Waals surface area contributed by atoms with E-state index in [4.69, 9.17) is 23.7 Å². The number of hydrogen-bond donors (Lipinski definition) is 4. The predicted molar refractivity (Wildman–Crippen MR) is 222 cm³/mol. The molecule has 1 heterocycles. The second-order valence-corrected chi connectivity index (χ2v) is 17.9. The molecule has 2 saturated carbocycles. The van der Waals surface area contributed by atoms with E-state index < -0.39 is 113 Å². The summed E-state index contributed by atoms with van der Waals surface area (Å²) < 4.78 is 30.3. The van der Waals surface area contributed by atoms with Crippen LogP contribution in [0, 0.1) is 23.7 Å². The van der Waals surface area contributed by atoms with E-state index in [1.165, 1.54) is 26.0 Å². The maximum absolute atomic E-state index is 15.5. The Hall–Kier alpha value is -5.74. The molecule has 1 aliphatic heterocycles. The highest BCUT2D eigenvalue weighted by molar-refractivity contribution is 5.96. The molecule has 15 nitrogen and oxygen atoms in total. The van der Waals surface area contributed by atoms with Crippen LogP contribution in [0.25, 0.3) is 0 Å². The van der Waals surface area contributed by atoms with Gasteiger partial charge >= 0.3 is 23.9 Å². The molecule has 3 aromatic carbocycles. The van der Waals surface area contributed by atoms with Crippen molar-refractivity contribution in [2.45, 2.75) is 115 Å². The van der Waals surface area contributed by atoms with Crippen LogP contribution >= 0.6 is 0 Å². The Kier molecular flexibility index (Phi) is 12.0. The first-order chi connectivity index (χ1) is 29.7. The highest BCUT2D eigenvalue weighted by atomic mass is 16.6. The fourth-order valence-electron chi connectivity index (χ4n) is 10.3. The average Bonchev–Trinajstić information content (AvgIpc) is 3.24. The van der Waals surface area contributed by atoms with Gasteiger partial charge in [-0.05, 0) is 61.7 Å². The van der Waals surface area contributed by atoms with Gasteiger partial charge in [0.2, 0.25) is 0 Å². The third kappa shape index (κ3) is 7.64. The lowest BCUT2D eigenvalue weighted by Gasteiger charge is -2.67. The fraction of sp³-hybridized carbons (Fsp3) is 0.458. The molecule has 3 aromatic rings. The lowest BCUT2D eigenvalue weighted by molar-refractivity contribution is -0.346. The Balaban J connectivity index is 1.38. The van der Waals surface area contributed by atoms with Crippen LogP contribution in [0.2, 0.25) is 0 Å². The van der Waals surface area contributed by atoms with E-state index in [9.17, 15) is 39.3 Å². The van der Waals surface area contributed by atoms with E-state index in [0.717, 1.165) is 19.4 Å². The summed E-state index contributed by atoms with van der Waals surface area (Å²) in [5.41, 5.74) is -6.10. The highest BCUT2D eigenvalue weighted by Gasteiger charge is 2.78. The molecule has 2 bridgehead atoms. The van der Waals surface area contributed by atoms with Crippen molar-refractivity contribution in [2.75, 3.05) is 6.61 Å². The zero-order valence-corrected chi connectivity index (χ0v) is 36.2.